The molecule has 3 rings (SSSR count). The molecule has 0 aliphatic carbocycles. The predicted octanol–water partition coefficient (Wildman–Crippen LogP) is 2.14. The van der Waals surface area contributed by atoms with Gasteiger partial charge in [-0.25, -0.2) is 0 Å². The van der Waals surface area contributed by atoms with Crippen molar-refractivity contribution in [3.05, 3.63) is 59.7 Å². The van der Waals surface area contributed by atoms with E-state index in [0.717, 1.165) is 55.3 Å². The summed E-state index contributed by atoms with van der Waals surface area (Å²) in [5.74, 6) is 1.79. The first-order valence-corrected chi connectivity index (χ1v) is 9.64. The molecule has 0 atom stereocenters. The van der Waals surface area contributed by atoms with Gasteiger partial charge in [-0.1, -0.05) is 30.3 Å². The summed E-state index contributed by atoms with van der Waals surface area (Å²) in [5, 5.41) is 3.00. The number of rotatable bonds is 8. The third-order valence-corrected chi connectivity index (χ3v) is 5.05. The van der Waals surface area contributed by atoms with Gasteiger partial charge < -0.3 is 14.8 Å². The Morgan fingerprint density at radius 2 is 1.68 bits per heavy atom. The second kappa shape index (κ2) is 10.1. The Labute approximate surface area is 167 Å². The van der Waals surface area contributed by atoms with Crippen LogP contribution in [0.2, 0.25) is 0 Å². The number of piperazine rings is 1. The summed E-state index contributed by atoms with van der Waals surface area (Å²) < 4.78 is 10.8. The molecule has 2 aromatic carbocycles. The van der Waals surface area contributed by atoms with Crippen molar-refractivity contribution < 1.29 is 14.3 Å². The highest BCUT2D eigenvalue weighted by Gasteiger charge is 2.20. The predicted molar refractivity (Wildman–Crippen MR) is 110 cm³/mol. The van der Waals surface area contributed by atoms with Crippen molar-refractivity contribution in [1.82, 2.24) is 15.1 Å². The number of nitrogens with one attached hydrogen (secondary N) is 1. The molecular weight excluding hydrogens is 354 g/mol. The monoisotopic (exact) mass is 383 g/mol. The molecule has 6 nitrogen and oxygen atoms in total. The first kappa shape index (κ1) is 20.2. The molecule has 1 N–H and O–H groups in total. The van der Waals surface area contributed by atoms with Crippen LogP contribution in [0.15, 0.2) is 48.5 Å². The maximum atomic E-state index is 12.2. The van der Waals surface area contributed by atoms with E-state index in [9.17, 15) is 4.79 Å². The summed E-state index contributed by atoms with van der Waals surface area (Å²) in [6.45, 7) is 5.45. The van der Waals surface area contributed by atoms with Crippen LogP contribution in [-0.2, 0) is 17.9 Å². The average Bonchev–Trinajstić information content (AvgIpc) is 2.74. The molecule has 0 bridgehead atoms. The normalized spacial score (nSPS) is 15.2. The van der Waals surface area contributed by atoms with Crippen molar-refractivity contribution in [3.63, 3.8) is 0 Å². The second-order valence-corrected chi connectivity index (χ2v) is 6.99. The van der Waals surface area contributed by atoms with Gasteiger partial charge >= 0.3 is 0 Å². The van der Waals surface area contributed by atoms with Gasteiger partial charge in [0.2, 0.25) is 5.91 Å². The summed E-state index contributed by atoms with van der Waals surface area (Å²) in [6.07, 6.45) is 0. The van der Waals surface area contributed by atoms with Gasteiger partial charge in [-0.2, -0.15) is 0 Å². The quantitative estimate of drug-likeness (QED) is 0.757. The number of carbonyl (C=O) groups is 1. The third-order valence-electron chi connectivity index (χ3n) is 5.05. The number of amides is 1. The second-order valence-electron chi connectivity index (χ2n) is 6.99. The summed E-state index contributed by atoms with van der Waals surface area (Å²) in [4.78, 5) is 16.8. The van der Waals surface area contributed by atoms with Crippen LogP contribution in [0.1, 0.15) is 11.1 Å². The van der Waals surface area contributed by atoms with Crippen molar-refractivity contribution >= 4 is 5.91 Å². The van der Waals surface area contributed by atoms with Gasteiger partial charge in [0.15, 0.2) is 0 Å². The van der Waals surface area contributed by atoms with E-state index in [1.54, 1.807) is 14.2 Å². The molecule has 0 aromatic heterocycles. The first-order valence-electron chi connectivity index (χ1n) is 9.64. The minimum atomic E-state index is 0.0757. The van der Waals surface area contributed by atoms with Crippen LogP contribution in [0.25, 0.3) is 0 Å². The molecule has 0 unspecified atom stereocenters. The fraction of sp³-hybridized carbons (Fsp3) is 0.409. The van der Waals surface area contributed by atoms with E-state index in [0.29, 0.717) is 13.1 Å². The minimum Gasteiger partial charge on any atom is -0.497 e. The van der Waals surface area contributed by atoms with E-state index in [1.165, 1.54) is 0 Å². The Bertz CT molecular complexity index is 759. The highest BCUT2D eigenvalue weighted by molar-refractivity contribution is 5.78. The lowest BCUT2D eigenvalue weighted by Gasteiger charge is -2.34. The number of ether oxygens (including phenoxy) is 2. The summed E-state index contributed by atoms with van der Waals surface area (Å²) in [7, 11) is 3.37. The molecule has 0 saturated carbocycles. The zero-order chi connectivity index (χ0) is 19.8. The van der Waals surface area contributed by atoms with Crippen LogP contribution in [-0.4, -0.2) is 62.7 Å². The Morgan fingerprint density at radius 1 is 0.964 bits per heavy atom. The molecule has 6 heteroatoms. The number of benzene rings is 2. The third kappa shape index (κ3) is 5.71. The Hall–Kier alpha value is -2.57. The van der Waals surface area contributed by atoms with E-state index >= 15 is 0 Å². The number of methoxy groups -OCH3 is 2. The van der Waals surface area contributed by atoms with Crippen LogP contribution in [0, 0.1) is 0 Å². The highest BCUT2D eigenvalue weighted by Crippen LogP contribution is 2.25. The lowest BCUT2D eigenvalue weighted by molar-refractivity contribution is -0.122. The summed E-state index contributed by atoms with van der Waals surface area (Å²) >= 11 is 0. The van der Waals surface area contributed by atoms with Crippen molar-refractivity contribution in [1.29, 1.82) is 0 Å². The largest absolute Gasteiger partial charge is 0.497 e. The van der Waals surface area contributed by atoms with Gasteiger partial charge in [0.25, 0.3) is 0 Å². The molecule has 1 aliphatic heterocycles. The van der Waals surface area contributed by atoms with E-state index in [4.69, 9.17) is 9.47 Å². The van der Waals surface area contributed by atoms with Crippen LogP contribution in [0.4, 0.5) is 0 Å². The van der Waals surface area contributed by atoms with E-state index in [-0.39, 0.29) is 5.91 Å². The number of carbonyl (C=O) groups excluding carboxylic acids is 1. The fourth-order valence-corrected chi connectivity index (χ4v) is 3.41. The zero-order valence-corrected chi connectivity index (χ0v) is 16.7. The summed E-state index contributed by atoms with van der Waals surface area (Å²) in [5.41, 5.74) is 2.24. The molecule has 28 heavy (non-hydrogen) atoms. The molecule has 0 radical (unpaired) electrons. The van der Waals surface area contributed by atoms with Crippen LogP contribution in [0.5, 0.6) is 11.5 Å². The molecule has 1 saturated heterocycles. The van der Waals surface area contributed by atoms with Gasteiger partial charge in [-0.05, 0) is 23.8 Å². The van der Waals surface area contributed by atoms with Gasteiger partial charge in [0.1, 0.15) is 11.5 Å². The highest BCUT2D eigenvalue weighted by atomic mass is 16.5. The zero-order valence-electron chi connectivity index (χ0n) is 16.7. The standard InChI is InChI=1S/C22H29N3O3/c1-27-20-8-9-21(28-2)19(14-20)16-24-10-12-25(13-11-24)17-22(26)23-15-18-6-4-3-5-7-18/h3-9,14H,10-13,15-17H2,1-2H3,(H,23,26). The SMILES string of the molecule is COc1ccc(OC)c(CN2CCN(CC(=O)NCc3ccccc3)CC2)c1. The fourth-order valence-electron chi connectivity index (χ4n) is 3.41. The average molecular weight is 383 g/mol. The molecule has 150 valence electrons. The maximum Gasteiger partial charge on any atom is 0.234 e. The van der Waals surface area contributed by atoms with E-state index < -0.39 is 0 Å². The van der Waals surface area contributed by atoms with Crippen LogP contribution in [0.3, 0.4) is 0 Å². The van der Waals surface area contributed by atoms with Crippen LogP contribution >= 0.6 is 0 Å². The van der Waals surface area contributed by atoms with E-state index in [1.807, 2.05) is 48.5 Å². The van der Waals surface area contributed by atoms with E-state index in [2.05, 4.69) is 15.1 Å². The smallest absolute Gasteiger partial charge is 0.234 e. The minimum absolute atomic E-state index is 0.0757. The molecule has 1 aliphatic rings. The molecule has 2 aromatic rings. The number of hydrogen-bond donors (Lipinski definition) is 1. The summed E-state index contributed by atoms with van der Waals surface area (Å²) in [6, 6.07) is 15.9. The maximum absolute atomic E-state index is 12.2. The Morgan fingerprint density at radius 3 is 2.36 bits per heavy atom. The molecule has 1 fully saturated rings. The van der Waals surface area contributed by atoms with Crippen molar-refractivity contribution in [3.8, 4) is 11.5 Å². The van der Waals surface area contributed by atoms with Crippen molar-refractivity contribution in [2.45, 2.75) is 13.1 Å². The van der Waals surface area contributed by atoms with Crippen LogP contribution < -0.4 is 14.8 Å². The first-order chi connectivity index (χ1) is 13.7. The number of nitrogens with zero attached hydrogens (tertiary/aromatic N) is 2. The lowest BCUT2D eigenvalue weighted by Crippen LogP contribution is -2.49. The van der Waals surface area contributed by atoms with Gasteiger partial charge in [-0.15, -0.1) is 0 Å². The Kier molecular flexibility index (Phi) is 7.28. The van der Waals surface area contributed by atoms with Gasteiger partial charge in [0, 0.05) is 44.8 Å². The topological polar surface area (TPSA) is 54.0 Å². The van der Waals surface area contributed by atoms with Gasteiger partial charge in [0.05, 0.1) is 20.8 Å². The molecule has 1 heterocycles. The molecule has 1 amide bonds. The molecular formula is C22H29N3O3. The van der Waals surface area contributed by atoms with Crippen molar-refractivity contribution in [2.75, 3.05) is 46.9 Å². The molecule has 0 spiro atoms. The Balaban J connectivity index is 1.44. The number of hydrogen-bond acceptors (Lipinski definition) is 5. The van der Waals surface area contributed by atoms with Gasteiger partial charge in [-0.3, -0.25) is 14.6 Å². The van der Waals surface area contributed by atoms with Crippen molar-refractivity contribution in [2.24, 2.45) is 0 Å². The lowest BCUT2D eigenvalue weighted by atomic mass is 10.1.